The van der Waals surface area contributed by atoms with E-state index in [-0.39, 0.29) is 17.1 Å². The van der Waals surface area contributed by atoms with Crippen LogP contribution in [0.4, 0.5) is 5.69 Å². The van der Waals surface area contributed by atoms with E-state index >= 15 is 0 Å². The van der Waals surface area contributed by atoms with E-state index in [2.05, 4.69) is 5.43 Å². The van der Waals surface area contributed by atoms with Gasteiger partial charge < -0.3 is 10.2 Å². The van der Waals surface area contributed by atoms with E-state index in [9.17, 15) is 24.7 Å². The van der Waals surface area contributed by atoms with Crippen molar-refractivity contribution in [2.24, 2.45) is 0 Å². The minimum atomic E-state index is -1.24. The zero-order valence-electron chi connectivity index (χ0n) is 18.8. The summed E-state index contributed by atoms with van der Waals surface area (Å²) in [6.45, 7) is 0. The van der Waals surface area contributed by atoms with Gasteiger partial charge in [-0.05, 0) is 35.4 Å². The largest absolute Gasteiger partial charge is 0.505 e. The second-order valence-corrected chi connectivity index (χ2v) is 8.79. The van der Waals surface area contributed by atoms with E-state index in [1.165, 1.54) is 18.3 Å². The molecule has 1 spiro atoms. The first-order chi connectivity index (χ1) is 17.4. The number of hydrazine groups is 1. The quantitative estimate of drug-likeness (QED) is 0.379. The van der Waals surface area contributed by atoms with Crippen molar-refractivity contribution < 1.29 is 24.6 Å². The lowest BCUT2D eigenvalue weighted by molar-refractivity contribution is -0.518. The molecule has 3 N–H and O–H groups in total. The zero-order valence-corrected chi connectivity index (χ0v) is 18.8. The number of nitrogens with zero attached hydrogens (tertiary/aromatic N) is 2. The van der Waals surface area contributed by atoms with Crippen LogP contribution in [0.25, 0.3) is 11.1 Å². The van der Waals surface area contributed by atoms with Gasteiger partial charge in [0.05, 0.1) is 16.8 Å². The maximum atomic E-state index is 13.9. The highest BCUT2D eigenvalue weighted by Crippen LogP contribution is 2.48. The Labute approximate surface area is 205 Å². The van der Waals surface area contributed by atoms with Crippen LogP contribution in [0.3, 0.4) is 0 Å². The van der Waals surface area contributed by atoms with Gasteiger partial charge in [0.1, 0.15) is 5.75 Å². The number of aromatic carboxylic acids is 1. The number of allylic oxidation sites excluding steroid dienone is 3. The Kier molecular flexibility index (Phi) is 4.74. The molecule has 2 heterocycles. The van der Waals surface area contributed by atoms with E-state index in [1.54, 1.807) is 53.6 Å². The number of aromatic hydroxyl groups is 1. The Morgan fingerprint density at radius 2 is 1.78 bits per heavy atom. The second kappa shape index (κ2) is 7.86. The van der Waals surface area contributed by atoms with Gasteiger partial charge in [0, 0.05) is 26.9 Å². The molecule has 0 saturated carbocycles. The fraction of sp³-hybridized carbons (Fsp3) is 0.0714. The van der Waals surface area contributed by atoms with Crippen LogP contribution in [0.2, 0.25) is 0 Å². The summed E-state index contributed by atoms with van der Waals surface area (Å²) in [4.78, 5) is 38.1. The summed E-state index contributed by atoms with van der Waals surface area (Å²) in [5.74, 6) is -1.45. The smallest absolute Gasteiger partial charge is 0.335 e. The second-order valence-electron chi connectivity index (χ2n) is 8.79. The molecule has 1 saturated heterocycles. The Balaban J connectivity index is 1.37. The van der Waals surface area contributed by atoms with Gasteiger partial charge in [-0.3, -0.25) is 9.80 Å². The Morgan fingerprint density at radius 1 is 1.00 bits per heavy atom. The third-order valence-electron chi connectivity index (χ3n) is 6.71. The van der Waals surface area contributed by atoms with Crippen molar-refractivity contribution in [1.82, 2.24) is 5.43 Å². The molecule has 0 aromatic heterocycles. The van der Waals surface area contributed by atoms with E-state index in [0.29, 0.717) is 33.5 Å². The molecule has 0 bridgehead atoms. The molecule has 2 unspecified atom stereocenters. The van der Waals surface area contributed by atoms with Crippen molar-refractivity contribution >= 4 is 17.4 Å². The van der Waals surface area contributed by atoms with Crippen LogP contribution in [0.5, 0.6) is 5.75 Å². The molecular formula is C28H20N3O5+. The average molecular weight is 478 g/mol. The monoisotopic (exact) mass is 478 g/mol. The van der Waals surface area contributed by atoms with Gasteiger partial charge in [0.2, 0.25) is 17.6 Å². The number of nitrogens with one attached hydrogen (secondary N) is 1. The van der Waals surface area contributed by atoms with Crippen LogP contribution >= 0.6 is 0 Å². The Hall–Kier alpha value is -4.82. The highest BCUT2D eigenvalue weighted by Gasteiger charge is 2.62. The fourth-order valence-electron chi connectivity index (χ4n) is 4.88. The number of carboxylic acids is 1. The molecular weight excluding hydrogens is 458 g/mol. The number of carbonyl (C=O) groups excluding carboxylic acids is 1. The number of benzene rings is 3. The summed E-state index contributed by atoms with van der Waals surface area (Å²) in [6.07, 6.45) is 6.58. The SMILES string of the molecule is O=C(O)c1cccc(-c2cccc(N3NC34C=CC3=C(C4=O)C(c4ccccc4)[N+](=O)C=C3)c2O)c1. The molecule has 8 nitrogen and oxygen atoms in total. The van der Waals surface area contributed by atoms with Gasteiger partial charge in [0.15, 0.2) is 0 Å². The molecule has 6 rings (SSSR count). The summed E-state index contributed by atoms with van der Waals surface area (Å²) in [7, 11) is 0. The molecule has 3 aromatic rings. The predicted octanol–water partition coefficient (Wildman–Crippen LogP) is 4.26. The summed E-state index contributed by atoms with van der Waals surface area (Å²) in [5, 5.41) is 22.0. The third kappa shape index (κ3) is 3.19. The summed E-state index contributed by atoms with van der Waals surface area (Å²) in [5.41, 5.74) is 5.02. The molecule has 3 aromatic carbocycles. The number of Topliss-reactive ketones (excluding diaryl/α,β-unsaturated/α-hetero) is 1. The number of ketones is 1. The molecule has 0 radical (unpaired) electrons. The number of rotatable bonds is 4. The lowest BCUT2D eigenvalue weighted by atomic mass is 9.82. The first kappa shape index (κ1) is 21.7. The number of phenols is 1. The normalized spacial score (nSPS) is 22.2. The number of carbonyl (C=O) groups is 2. The molecule has 0 amide bonds. The maximum absolute atomic E-state index is 13.9. The van der Waals surface area contributed by atoms with Crippen molar-refractivity contribution in [3.8, 4) is 16.9 Å². The van der Waals surface area contributed by atoms with Gasteiger partial charge in [-0.2, -0.15) is 5.43 Å². The maximum Gasteiger partial charge on any atom is 0.335 e. The number of anilines is 1. The molecule has 1 aliphatic carbocycles. The van der Waals surface area contributed by atoms with Gasteiger partial charge >= 0.3 is 5.97 Å². The number of hydrogen-bond acceptors (Lipinski definition) is 6. The number of para-hydroxylation sites is 1. The van der Waals surface area contributed by atoms with Crippen LogP contribution < -0.4 is 10.4 Å². The third-order valence-corrected chi connectivity index (χ3v) is 6.71. The first-order valence-electron chi connectivity index (χ1n) is 11.3. The molecule has 8 heteroatoms. The van der Waals surface area contributed by atoms with Crippen LogP contribution in [0.1, 0.15) is 22.0 Å². The minimum Gasteiger partial charge on any atom is -0.505 e. The number of hydrogen-bond donors (Lipinski definition) is 3. The summed E-state index contributed by atoms with van der Waals surface area (Å²) >= 11 is 0. The van der Waals surface area contributed by atoms with Gasteiger partial charge in [-0.25, -0.2) is 4.79 Å². The lowest BCUT2D eigenvalue weighted by Gasteiger charge is -2.23. The molecule has 36 heavy (non-hydrogen) atoms. The molecule has 2 aliphatic heterocycles. The van der Waals surface area contributed by atoms with Crippen molar-refractivity contribution in [2.45, 2.75) is 11.7 Å². The van der Waals surface area contributed by atoms with Crippen LogP contribution in [0.15, 0.2) is 108 Å². The van der Waals surface area contributed by atoms with Crippen molar-refractivity contribution in [2.75, 3.05) is 5.01 Å². The fourth-order valence-corrected chi connectivity index (χ4v) is 4.88. The number of carboxylic acid groups (broad SMARTS) is 1. The van der Waals surface area contributed by atoms with E-state index in [0.717, 1.165) is 4.76 Å². The van der Waals surface area contributed by atoms with Crippen molar-refractivity contribution in [1.29, 1.82) is 0 Å². The topological polar surface area (TPSA) is 120 Å². The molecule has 3 aliphatic rings. The van der Waals surface area contributed by atoms with Crippen LogP contribution in [-0.2, 0) is 4.79 Å². The summed E-state index contributed by atoms with van der Waals surface area (Å²) < 4.78 is 0.777. The molecule has 2 atom stereocenters. The van der Waals surface area contributed by atoms with Crippen LogP contribution in [-0.4, -0.2) is 32.4 Å². The zero-order chi connectivity index (χ0) is 25.0. The molecule has 176 valence electrons. The molecule has 1 fully saturated rings. The van der Waals surface area contributed by atoms with E-state index in [4.69, 9.17) is 0 Å². The highest BCUT2D eigenvalue weighted by molar-refractivity contribution is 6.12. The standard InChI is InChI=1S/C28H19N3O5/c32-25-21(19-8-4-9-20(16-19)27(34)35)10-5-11-22(25)31-28(29-31)14-12-17-13-15-30(36)24(23(17)26(28)33)18-6-2-1-3-7-18/h1-16,24,29H,(H-,32,34,35)/p+1. The van der Waals surface area contributed by atoms with Crippen molar-refractivity contribution in [3.63, 3.8) is 0 Å². The lowest BCUT2D eigenvalue weighted by Crippen LogP contribution is -2.37. The number of phenolic OH excluding ortho intramolecular Hbond substituents is 1. The van der Waals surface area contributed by atoms with E-state index < -0.39 is 17.7 Å². The van der Waals surface area contributed by atoms with E-state index in [1.807, 2.05) is 30.3 Å². The van der Waals surface area contributed by atoms with Gasteiger partial charge in [-0.15, -0.1) is 0 Å². The Morgan fingerprint density at radius 3 is 2.56 bits per heavy atom. The minimum absolute atomic E-state index is 0.0982. The van der Waals surface area contributed by atoms with Crippen molar-refractivity contribution in [3.05, 3.63) is 124 Å². The van der Waals surface area contributed by atoms with Gasteiger partial charge in [-0.1, -0.05) is 60.7 Å². The summed E-state index contributed by atoms with van der Waals surface area (Å²) in [6, 6.07) is 19.7. The Bertz CT molecular complexity index is 1560. The van der Waals surface area contributed by atoms with Gasteiger partial charge in [0.25, 0.3) is 6.04 Å². The number of nitroso groups, excluding NO2 is 1. The predicted molar refractivity (Wildman–Crippen MR) is 132 cm³/mol. The highest BCUT2D eigenvalue weighted by atomic mass is 16.4. The average Bonchev–Trinajstić information content (AvgIpc) is 3.62. The van der Waals surface area contributed by atoms with Crippen LogP contribution in [0, 0.1) is 4.91 Å². The first-order valence-corrected chi connectivity index (χ1v) is 11.3.